The van der Waals surface area contributed by atoms with Crippen LogP contribution in [0.25, 0.3) is 10.8 Å². The van der Waals surface area contributed by atoms with Gasteiger partial charge in [0.2, 0.25) is 5.91 Å². The number of aliphatic hydroxyl groups is 1. The Morgan fingerprint density at radius 2 is 1.80 bits per heavy atom. The lowest BCUT2D eigenvalue weighted by molar-refractivity contribution is -0.116. The first-order chi connectivity index (χ1) is 9.56. The lowest BCUT2D eigenvalue weighted by Crippen LogP contribution is -2.32. The second-order valence-corrected chi connectivity index (χ2v) is 5.25. The SMILES string of the molecule is CC(CO)C(C)[C](C(N)=O)c1cccc2ccccc12. The van der Waals surface area contributed by atoms with E-state index in [-0.39, 0.29) is 18.4 Å². The zero-order valence-corrected chi connectivity index (χ0v) is 11.8. The molecule has 0 aliphatic rings. The summed E-state index contributed by atoms with van der Waals surface area (Å²) in [4.78, 5) is 11.9. The van der Waals surface area contributed by atoms with E-state index < -0.39 is 5.91 Å². The lowest BCUT2D eigenvalue weighted by Gasteiger charge is -2.26. The molecule has 0 aliphatic carbocycles. The number of carbonyl (C=O) groups excluding carboxylic acids is 1. The van der Waals surface area contributed by atoms with Gasteiger partial charge in [-0.2, -0.15) is 0 Å². The average molecular weight is 270 g/mol. The van der Waals surface area contributed by atoms with Crippen LogP contribution in [0.2, 0.25) is 0 Å². The standard InChI is InChI=1S/C17H20NO2/c1-11(10-19)12(2)16(17(18)20)15-9-5-7-13-6-3-4-8-14(13)15/h3-9,11-12,19H,10H2,1-2H3,(H2,18,20). The van der Waals surface area contributed by atoms with Gasteiger partial charge in [-0.1, -0.05) is 56.3 Å². The number of fused-ring (bicyclic) bond motifs is 1. The summed E-state index contributed by atoms with van der Waals surface area (Å²) in [6, 6.07) is 13.8. The zero-order valence-electron chi connectivity index (χ0n) is 11.8. The summed E-state index contributed by atoms with van der Waals surface area (Å²) in [6.45, 7) is 3.88. The number of hydrogen-bond acceptors (Lipinski definition) is 2. The number of amides is 1. The lowest BCUT2D eigenvalue weighted by atomic mass is 9.78. The van der Waals surface area contributed by atoms with Gasteiger partial charge < -0.3 is 10.8 Å². The van der Waals surface area contributed by atoms with E-state index in [2.05, 4.69) is 0 Å². The average Bonchev–Trinajstić information content (AvgIpc) is 2.46. The van der Waals surface area contributed by atoms with Crippen molar-refractivity contribution in [2.45, 2.75) is 13.8 Å². The number of benzene rings is 2. The van der Waals surface area contributed by atoms with Crippen LogP contribution < -0.4 is 5.73 Å². The van der Waals surface area contributed by atoms with Crippen LogP contribution in [-0.4, -0.2) is 17.6 Å². The Labute approximate surface area is 119 Å². The summed E-state index contributed by atoms with van der Waals surface area (Å²) in [5.41, 5.74) is 6.46. The molecule has 0 saturated carbocycles. The summed E-state index contributed by atoms with van der Waals surface area (Å²) in [6.07, 6.45) is 0. The monoisotopic (exact) mass is 270 g/mol. The molecule has 0 bridgehead atoms. The van der Waals surface area contributed by atoms with Crippen LogP contribution in [0.1, 0.15) is 19.4 Å². The molecule has 0 heterocycles. The van der Waals surface area contributed by atoms with Gasteiger partial charge in [-0.05, 0) is 28.2 Å². The zero-order chi connectivity index (χ0) is 14.7. The predicted octanol–water partition coefficient (Wildman–Crippen LogP) is 2.51. The number of primary amides is 1. The second-order valence-electron chi connectivity index (χ2n) is 5.25. The largest absolute Gasteiger partial charge is 0.396 e. The Balaban J connectivity index is 2.55. The van der Waals surface area contributed by atoms with Crippen LogP contribution >= 0.6 is 0 Å². The smallest absolute Gasteiger partial charge is 0.229 e. The van der Waals surface area contributed by atoms with Crippen LogP contribution in [0.4, 0.5) is 0 Å². The third kappa shape index (κ3) is 2.68. The van der Waals surface area contributed by atoms with Gasteiger partial charge in [0.05, 0.1) is 5.92 Å². The van der Waals surface area contributed by atoms with Gasteiger partial charge in [-0.15, -0.1) is 0 Å². The van der Waals surface area contributed by atoms with E-state index in [1.54, 1.807) is 0 Å². The van der Waals surface area contributed by atoms with Gasteiger partial charge in [-0.3, -0.25) is 4.79 Å². The first-order valence-corrected chi connectivity index (χ1v) is 6.82. The maximum absolute atomic E-state index is 11.9. The van der Waals surface area contributed by atoms with Crippen molar-refractivity contribution in [2.75, 3.05) is 6.61 Å². The molecule has 3 nitrogen and oxygen atoms in total. The van der Waals surface area contributed by atoms with E-state index in [0.717, 1.165) is 16.3 Å². The molecule has 0 spiro atoms. The molecule has 3 heteroatoms. The van der Waals surface area contributed by atoms with Gasteiger partial charge in [-0.25, -0.2) is 0 Å². The number of carbonyl (C=O) groups is 1. The van der Waals surface area contributed by atoms with E-state index in [1.165, 1.54) is 0 Å². The molecule has 3 N–H and O–H groups in total. The van der Waals surface area contributed by atoms with Crippen molar-refractivity contribution in [3.63, 3.8) is 0 Å². The third-order valence-corrected chi connectivity index (χ3v) is 3.94. The molecular weight excluding hydrogens is 250 g/mol. The van der Waals surface area contributed by atoms with Crippen LogP contribution in [-0.2, 0) is 4.79 Å². The Morgan fingerprint density at radius 3 is 2.45 bits per heavy atom. The Kier molecular flexibility index (Phi) is 4.40. The van der Waals surface area contributed by atoms with E-state index in [0.29, 0.717) is 5.92 Å². The predicted molar refractivity (Wildman–Crippen MR) is 80.9 cm³/mol. The van der Waals surface area contributed by atoms with Crippen LogP contribution in [0.3, 0.4) is 0 Å². The van der Waals surface area contributed by atoms with Crippen molar-refractivity contribution in [3.8, 4) is 0 Å². The molecule has 2 rings (SSSR count). The number of rotatable bonds is 5. The molecule has 0 aromatic heterocycles. The third-order valence-electron chi connectivity index (χ3n) is 3.94. The van der Waals surface area contributed by atoms with Gasteiger partial charge >= 0.3 is 0 Å². The molecule has 0 aliphatic heterocycles. The van der Waals surface area contributed by atoms with Crippen LogP contribution in [0.15, 0.2) is 42.5 Å². The van der Waals surface area contributed by atoms with E-state index in [1.807, 2.05) is 56.3 Å². The molecule has 1 amide bonds. The molecule has 1 radical (unpaired) electrons. The highest BCUT2D eigenvalue weighted by Crippen LogP contribution is 2.33. The highest BCUT2D eigenvalue weighted by atomic mass is 16.3. The van der Waals surface area contributed by atoms with Crippen molar-refractivity contribution >= 4 is 16.7 Å². The van der Waals surface area contributed by atoms with Gasteiger partial charge in [0, 0.05) is 6.61 Å². The summed E-state index contributed by atoms with van der Waals surface area (Å²) in [5.74, 6) is 0.0530. The quantitative estimate of drug-likeness (QED) is 0.877. The molecule has 0 saturated heterocycles. The second kappa shape index (κ2) is 6.06. The number of nitrogens with two attached hydrogens (primary N) is 1. The van der Waals surface area contributed by atoms with E-state index in [4.69, 9.17) is 5.73 Å². The minimum atomic E-state index is -0.422. The van der Waals surface area contributed by atoms with Gasteiger partial charge in [0.25, 0.3) is 0 Å². The Morgan fingerprint density at radius 1 is 1.15 bits per heavy atom. The van der Waals surface area contributed by atoms with Crippen molar-refractivity contribution < 1.29 is 9.90 Å². The fourth-order valence-electron chi connectivity index (χ4n) is 2.51. The van der Waals surface area contributed by atoms with Crippen LogP contribution in [0.5, 0.6) is 0 Å². The van der Waals surface area contributed by atoms with Crippen molar-refractivity contribution in [1.29, 1.82) is 0 Å². The van der Waals surface area contributed by atoms with Crippen LogP contribution in [0, 0.1) is 17.8 Å². The number of hydrogen-bond donors (Lipinski definition) is 2. The van der Waals surface area contributed by atoms with Crippen molar-refractivity contribution in [2.24, 2.45) is 17.6 Å². The molecule has 2 aromatic rings. The topological polar surface area (TPSA) is 63.3 Å². The molecule has 105 valence electrons. The molecule has 2 unspecified atom stereocenters. The summed E-state index contributed by atoms with van der Waals surface area (Å²) in [7, 11) is 0. The first kappa shape index (κ1) is 14.5. The molecule has 2 aromatic carbocycles. The first-order valence-electron chi connectivity index (χ1n) is 6.82. The minimum Gasteiger partial charge on any atom is -0.396 e. The molecule has 20 heavy (non-hydrogen) atoms. The Hall–Kier alpha value is -1.87. The fourth-order valence-corrected chi connectivity index (χ4v) is 2.51. The highest BCUT2D eigenvalue weighted by Gasteiger charge is 2.30. The minimum absolute atomic E-state index is 0.0172. The maximum atomic E-state index is 11.9. The van der Waals surface area contributed by atoms with E-state index in [9.17, 15) is 9.90 Å². The Bertz CT molecular complexity index is 603. The molecule has 2 atom stereocenters. The summed E-state index contributed by atoms with van der Waals surface area (Å²) >= 11 is 0. The molecule has 0 fully saturated rings. The van der Waals surface area contributed by atoms with Gasteiger partial charge in [0.15, 0.2) is 0 Å². The highest BCUT2D eigenvalue weighted by molar-refractivity contribution is 6.00. The van der Waals surface area contributed by atoms with Gasteiger partial charge in [0.1, 0.15) is 0 Å². The summed E-state index contributed by atoms with van der Waals surface area (Å²) in [5, 5.41) is 11.4. The fraction of sp³-hybridized carbons (Fsp3) is 0.294. The maximum Gasteiger partial charge on any atom is 0.229 e. The summed E-state index contributed by atoms with van der Waals surface area (Å²) < 4.78 is 0. The van der Waals surface area contributed by atoms with Crippen molar-refractivity contribution in [3.05, 3.63) is 53.9 Å². The van der Waals surface area contributed by atoms with E-state index >= 15 is 0 Å². The molecular formula is C17H20NO2. The normalized spacial score (nSPS) is 14.4. The number of aliphatic hydroxyl groups excluding tert-OH is 1. The van der Waals surface area contributed by atoms with Crippen molar-refractivity contribution in [1.82, 2.24) is 0 Å².